The molecule has 0 aliphatic heterocycles. The molecule has 5 heteroatoms. The van der Waals surface area contributed by atoms with E-state index in [2.05, 4.69) is 11.4 Å². The fourth-order valence-electron chi connectivity index (χ4n) is 2.87. The van der Waals surface area contributed by atoms with E-state index < -0.39 is 0 Å². The van der Waals surface area contributed by atoms with Crippen LogP contribution in [0.3, 0.4) is 0 Å². The molecule has 0 bridgehead atoms. The highest BCUT2D eigenvalue weighted by atomic mass is 35.5. The van der Waals surface area contributed by atoms with Gasteiger partial charge in [0.05, 0.1) is 12.1 Å². The Kier molecular flexibility index (Phi) is 9.15. The summed E-state index contributed by atoms with van der Waals surface area (Å²) in [5.74, 6) is 1.64. The van der Waals surface area contributed by atoms with Crippen molar-refractivity contribution in [3.05, 3.63) is 94.5 Å². The molecule has 0 saturated carbocycles. The van der Waals surface area contributed by atoms with Gasteiger partial charge in [0, 0.05) is 6.54 Å². The van der Waals surface area contributed by atoms with E-state index in [0.717, 1.165) is 36.4 Å². The molecule has 0 aromatic heterocycles. The molecule has 0 aliphatic carbocycles. The Morgan fingerprint density at radius 3 is 2.36 bits per heavy atom. The van der Waals surface area contributed by atoms with Crippen LogP contribution in [0, 0.1) is 0 Å². The lowest BCUT2D eigenvalue weighted by molar-refractivity contribution is 0.306. The third-order valence-corrected chi connectivity index (χ3v) is 4.62. The van der Waals surface area contributed by atoms with Gasteiger partial charge in [0.25, 0.3) is 0 Å². The summed E-state index contributed by atoms with van der Waals surface area (Å²) in [5, 5.41) is 4.09. The second-order valence-electron chi connectivity index (χ2n) is 6.28. The maximum atomic E-state index is 6.37. The predicted octanol–water partition coefficient (Wildman–Crippen LogP) is 5.68. The van der Waals surface area contributed by atoms with Crippen LogP contribution in [0.1, 0.15) is 16.7 Å². The first-order valence-corrected chi connectivity index (χ1v) is 9.42. The van der Waals surface area contributed by atoms with Gasteiger partial charge in [-0.3, -0.25) is 0 Å². The fourth-order valence-corrected chi connectivity index (χ4v) is 3.13. The van der Waals surface area contributed by atoms with Crippen LogP contribution in [0.2, 0.25) is 5.02 Å². The van der Waals surface area contributed by atoms with Gasteiger partial charge in [-0.15, -0.1) is 12.4 Å². The molecule has 0 heterocycles. The highest BCUT2D eigenvalue weighted by Gasteiger charge is 2.05. The summed E-state index contributed by atoms with van der Waals surface area (Å²) in [6.45, 7) is 2.13. The van der Waals surface area contributed by atoms with E-state index in [0.29, 0.717) is 17.4 Å². The van der Waals surface area contributed by atoms with E-state index in [1.54, 1.807) is 7.11 Å². The van der Waals surface area contributed by atoms with Crippen LogP contribution in [0.15, 0.2) is 72.8 Å². The summed E-state index contributed by atoms with van der Waals surface area (Å²) in [5.41, 5.74) is 3.46. The van der Waals surface area contributed by atoms with E-state index in [-0.39, 0.29) is 12.4 Å². The minimum Gasteiger partial charge on any atom is -0.496 e. The van der Waals surface area contributed by atoms with Crippen molar-refractivity contribution in [2.75, 3.05) is 13.7 Å². The fraction of sp³-hybridized carbons (Fsp3) is 0.217. The van der Waals surface area contributed by atoms with Gasteiger partial charge in [-0.05, 0) is 47.9 Å². The molecule has 0 spiro atoms. The topological polar surface area (TPSA) is 30.5 Å². The average Bonchev–Trinajstić information content (AvgIpc) is 2.71. The van der Waals surface area contributed by atoms with Crippen molar-refractivity contribution in [1.82, 2.24) is 5.32 Å². The zero-order valence-corrected chi connectivity index (χ0v) is 17.4. The number of para-hydroxylation sites is 1. The summed E-state index contributed by atoms with van der Waals surface area (Å²) in [7, 11) is 1.70. The molecule has 3 aromatic carbocycles. The van der Waals surface area contributed by atoms with Gasteiger partial charge in [-0.25, -0.2) is 0 Å². The molecule has 148 valence electrons. The smallest absolute Gasteiger partial charge is 0.138 e. The van der Waals surface area contributed by atoms with E-state index in [1.807, 2.05) is 66.7 Å². The standard InChI is InChI=1S/C23H24ClNO2.ClH/c1-26-22-10-6-5-9-20(22)13-14-25-16-19-11-12-23(21(24)15-19)27-17-18-7-3-2-4-8-18;/h2-12,15,25H,13-14,16-17H2,1H3;1H. The van der Waals surface area contributed by atoms with E-state index in [4.69, 9.17) is 21.1 Å². The first-order valence-electron chi connectivity index (χ1n) is 9.04. The van der Waals surface area contributed by atoms with Crippen LogP contribution in [-0.4, -0.2) is 13.7 Å². The Morgan fingerprint density at radius 1 is 0.857 bits per heavy atom. The summed E-state index contributed by atoms with van der Waals surface area (Å²) < 4.78 is 11.2. The first kappa shape index (κ1) is 22.1. The number of methoxy groups -OCH3 is 1. The normalized spacial score (nSPS) is 10.2. The van der Waals surface area contributed by atoms with Crippen LogP contribution in [-0.2, 0) is 19.6 Å². The summed E-state index contributed by atoms with van der Waals surface area (Å²) in [4.78, 5) is 0. The number of hydrogen-bond donors (Lipinski definition) is 1. The lowest BCUT2D eigenvalue weighted by Gasteiger charge is -2.11. The largest absolute Gasteiger partial charge is 0.496 e. The van der Waals surface area contributed by atoms with Crippen LogP contribution in [0.5, 0.6) is 11.5 Å². The Labute approximate surface area is 178 Å². The SMILES string of the molecule is COc1ccccc1CCNCc1ccc(OCc2ccccc2)c(Cl)c1.Cl. The predicted molar refractivity (Wildman–Crippen MR) is 118 cm³/mol. The molecular weight excluding hydrogens is 393 g/mol. The molecule has 0 fully saturated rings. The van der Waals surface area contributed by atoms with Gasteiger partial charge in [-0.1, -0.05) is 66.2 Å². The quantitative estimate of drug-likeness (QED) is 0.454. The van der Waals surface area contributed by atoms with Crippen LogP contribution in [0.4, 0.5) is 0 Å². The van der Waals surface area contributed by atoms with Gasteiger partial charge in [0.15, 0.2) is 0 Å². The minimum atomic E-state index is 0. The Morgan fingerprint density at radius 2 is 1.61 bits per heavy atom. The highest BCUT2D eigenvalue weighted by Crippen LogP contribution is 2.26. The number of nitrogens with one attached hydrogen (secondary N) is 1. The first-order chi connectivity index (χ1) is 13.3. The molecule has 0 aliphatic rings. The monoisotopic (exact) mass is 417 g/mol. The van der Waals surface area contributed by atoms with Gasteiger partial charge in [0.1, 0.15) is 18.1 Å². The third kappa shape index (κ3) is 6.45. The van der Waals surface area contributed by atoms with Crippen molar-refractivity contribution in [3.8, 4) is 11.5 Å². The van der Waals surface area contributed by atoms with Gasteiger partial charge in [-0.2, -0.15) is 0 Å². The van der Waals surface area contributed by atoms with Crippen molar-refractivity contribution in [2.45, 2.75) is 19.6 Å². The lowest BCUT2D eigenvalue weighted by Crippen LogP contribution is -2.17. The number of benzene rings is 3. The van der Waals surface area contributed by atoms with Crippen LogP contribution >= 0.6 is 24.0 Å². The number of halogens is 2. The highest BCUT2D eigenvalue weighted by molar-refractivity contribution is 6.32. The van der Waals surface area contributed by atoms with Crippen molar-refractivity contribution in [2.24, 2.45) is 0 Å². The number of rotatable bonds is 9. The molecule has 1 N–H and O–H groups in total. The Hall–Kier alpha value is -2.20. The zero-order valence-electron chi connectivity index (χ0n) is 15.9. The van der Waals surface area contributed by atoms with E-state index in [9.17, 15) is 0 Å². The molecule has 0 radical (unpaired) electrons. The molecule has 3 nitrogen and oxygen atoms in total. The molecule has 0 unspecified atom stereocenters. The third-order valence-electron chi connectivity index (χ3n) is 4.33. The van der Waals surface area contributed by atoms with Gasteiger partial charge >= 0.3 is 0 Å². The van der Waals surface area contributed by atoms with Crippen LogP contribution in [0.25, 0.3) is 0 Å². The van der Waals surface area contributed by atoms with Crippen molar-refractivity contribution in [3.63, 3.8) is 0 Å². The Bertz CT molecular complexity index is 856. The molecule has 28 heavy (non-hydrogen) atoms. The van der Waals surface area contributed by atoms with Gasteiger partial charge in [0.2, 0.25) is 0 Å². The summed E-state index contributed by atoms with van der Waals surface area (Å²) in [6.07, 6.45) is 0.913. The maximum absolute atomic E-state index is 6.37. The lowest BCUT2D eigenvalue weighted by atomic mass is 10.1. The second kappa shape index (κ2) is 11.6. The molecule has 0 saturated heterocycles. The van der Waals surface area contributed by atoms with Gasteiger partial charge < -0.3 is 14.8 Å². The maximum Gasteiger partial charge on any atom is 0.138 e. The summed E-state index contributed by atoms with van der Waals surface area (Å²) in [6, 6.07) is 24.1. The van der Waals surface area contributed by atoms with Crippen molar-refractivity contribution < 1.29 is 9.47 Å². The average molecular weight is 418 g/mol. The van der Waals surface area contributed by atoms with Crippen molar-refractivity contribution in [1.29, 1.82) is 0 Å². The number of hydrogen-bond acceptors (Lipinski definition) is 3. The van der Waals surface area contributed by atoms with Crippen molar-refractivity contribution >= 4 is 24.0 Å². The van der Waals surface area contributed by atoms with E-state index >= 15 is 0 Å². The molecule has 3 rings (SSSR count). The molecule has 0 amide bonds. The minimum absolute atomic E-state index is 0. The Balaban J connectivity index is 0.00000280. The summed E-state index contributed by atoms with van der Waals surface area (Å²) >= 11 is 6.37. The molecular formula is C23H25Cl2NO2. The molecule has 0 atom stereocenters. The second-order valence-corrected chi connectivity index (χ2v) is 6.68. The molecule has 3 aromatic rings. The van der Waals surface area contributed by atoms with Crippen LogP contribution < -0.4 is 14.8 Å². The number of ether oxygens (including phenoxy) is 2. The van der Waals surface area contributed by atoms with E-state index in [1.165, 1.54) is 5.56 Å². The zero-order chi connectivity index (χ0) is 18.9.